The van der Waals surface area contributed by atoms with Gasteiger partial charge < -0.3 is 20.2 Å². The van der Waals surface area contributed by atoms with Crippen LogP contribution < -0.4 is 15.2 Å². The van der Waals surface area contributed by atoms with Gasteiger partial charge in [0, 0.05) is 11.1 Å². The molecule has 1 heterocycles. The number of rotatable bonds is 4. The van der Waals surface area contributed by atoms with E-state index in [0.717, 1.165) is 27.2 Å². The highest BCUT2D eigenvalue weighted by Crippen LogP contribution is 2.35. The number of ether oxygens (including phenoxy) is 2. The van der Waals surface area contributed by atoms with Gasteiger partial charge in [-0.15, -0.1) is 0 Å². The summed E-state index contributed by atoms with van der Waals surface area (Å²) in [6.07, 6.45) is 1.68. The molecule has 0 aliphatic rings. The molecule has 1 aromatic carbocycles. The van der Waals surface area contributed by atoms with Crippen molar-refractivity contribution in [3.05, 3.63) is 39.9 Å². The maximum Gasteiger partial charge on any atom is 0.130 e. The van der Waals surface area contributed by atoms with Gasteiger partial charge in [0.05, 0.1) is 26.5 Å². The van der Waals surface area contributed by atoms with Crippen LogP contribution >= 0.6 is 15.9 Å². The molecule has 0 radical (unpaired) electrons. The van der Waals surface area contributed by atoms with Crippen molar-refractivity contribution < 1.29 is 9.47 Å². The summed E-state index contributed by atoms with van der Waals surface area (Å²) in [6.45, 7) is 1.94. The molecule has 5 nitrogen and oxygen atoms in total. The monoisotopic (exact) mass is 325 g/mol. The topological polar surface area (TPSA) is 73.2 Å². The van der Waals surface area contributed by atoms with E-state index in [0.29, 0.717) is 5.82 Å². The van der Waals surface area contributed by atoms with Crippen LogP contribution in [0.1, 0.15) is 23.0 Å². The Labute approximate surface area is 120 Å². The van der Waals surface area contributed by atoms with Crippen LogP contribution in [-0.2, 0) is 0 Å². The molecule has 2 rings (SSSR count). The van der Waals surface area contributed by atoms with Crippen molar-refractivity contribution in [3.8, 4) is 11.5 Å². The molecule has 0 amide bonds. The van der Waals surface area contributed by atoms with Crippen molar-refractivity contribution in [1.29, 1.82) is 0 Å². The average Bonchev–Trinajstić information content (AvgIpc) is 2.84. The Morgan fingerprint density at radius 3 is 2.58 bits per heavy atom. The van der Waals surface area contributed by atoms with Gasteiger partial charge >= 0.3 is 0 Å². The summed E-state index contributed by atoms with van der Waals surface area (Å²) in [5.41, 5.74) is 8.01. The minimum Gasteiger partial charge on any atom is -0.496 e. The van der Waals surface area contributed by atoms with Crippen molar-refractivity contribution in [2.75, 3.05) is 14.2 Å². The fourth-order valence-electron chi connectivity index (χ4n) is 2.05. The molecule has 0 saturated carbocycles. The smallest absolute Gasteiger partial charge is 0.130 e. The third-order valence-corrected chi connectivity index (χ3v) is 3.41. The first kappa shape index (κ1) is 13.9. The molecule has 19 heavy (non-hydrogen) atoms. The van der Waals surface area contributed by atoms with Crippen LogP contribution in [0.2, 0.25) is 0 Å². The molecular formula is C13H16BrN3O2. The summed E-state index contributed by atoms with van der Waals surface area (Å²) in [5, 5.41) is 0. The Morgan fingerprint density at radius 1 is 1.32 bits per heavy atom. The van der Waals surface area contributed by atoms with Crippen molar-refractivity contribution in [1.82, 2.24) is 9.97 Å². The molecule has 1 unspecified atom stereocenters. The summed E-state index contributed by atoms with van der Waals surface area (Å²) < 4.78 is 11.5. The van der Waals surface area contributed by atoms with Gasteiger partial charge in [0.2, 0.25) is 0 Å². The Morgan fingerprint density at radius 2 is 2.05 bits per heavy atom. The number of nitrogens with two attached hydrogens (primary N) is 1. The van der Waals surface area contributed by atoms with Gasteiger partial charge in [-0.2, -0.15) is 0 Å². The first-order valence-corrected chi connectivity index (χ1v) is 6.55. The predicted octanol–water partition coefficient (Wildman–Crippen LogP) is 2.55. The van der Waals surface area contributed by atoms with E-state index in [2.05, 4.69) is 25.9 Å². The lowest BCUT2D eigenvalue weighted by Crippen LogP contribution is -2.15. The lowest BCUT2D eigenvalue weighted by atomic mass is 10.0. The fourth-order valence-corrected chi connectivity index (χ4v) is 2.36. The Kier molecular flexibility index (Phi) is 4.11. The zero-order valence-electron chi connectivity index (χ0n) is 11.0. The van der Waals surface area contributed by atoms with Crippen LogP contribution in [-0.4, -0.2) is 24.2 Å². The minimum atomic E-state index is -0.383. The van der Waals surface area contributed by atoms with Gasteiger partial charge in [0.1, 0.15) is 21.9 Å². The first-order valence-electron chi connectivity index (χ1n) is 5.76. The zero-order valence-corrected chi connectivity index (χ0v) is 12.6. The van der Waals surface area contributed by atoms with Crippen LogP contribution in [0.4, 0.5) is 0 Å². The van der Waals surface area contributed by atoms with Crippen LogP contribution in [0.25, 0.3) is 0 Å². The van der Waals surface area contributed by atoms with Crippen LogP contribution in [0.5, 0.6) is 11.5 Å². The molecule has 0 bridgehead atoms. The maximum absolute atomic E-state index is 6.23. The van der Waals surface area contributed by atoms with E-state index in [-0.39, 0.29) is 6.04 Å². The second-order valence-corrected chi connectivity index (χ2v) is 4.96. The molecule has 0 spiro atoms. The van der Waals surface area contributed by atoms with E-state index >= 15 is 0 Å². The van der Waals surface area contributed by atoms with E-state index < -0.39 is 0 Å². The van der Waals surface area contributed by atoms with E-state index in [1.54, 1.807) is 20.4 Å². The SMILES string of the molecule is COc1ccc(C(N)c2ncc(Br)[nH]2)c(OC)c1C. The van der Waals surface area contributed by atoms with Crippen molar-refractivity contribution in [2.24, 2.45) is 5.73 Å². The van der Waals surface area contributed by atoms with Crippen LogP contribution in [0.3, 0.4) is 0 Å². The minimum absolute atomic E-state index is 0.383. The van der Waals surface area contributed by atoms with Crippen molar-refractivity contribution in [3.63, 3.8) is 0 Å². The second kappa shape index (κ2) is 5.63. The van der Waals surface area contributed by atoms with Gasteiger partial charge in [0.25, 0.3) is 0 Å². The Bertz CT molecular complexity index is 583. The molecule has 1 aromatic heterocycles. The number of hydrogen-bond donors (Lipinski definition) is 2. The number of nitrogens with one attached hydrogen (secondary N) is 1. The molecule has 1 atom stereocenters. The van der Waals surface area contributed by atoms with Gasteiger partial charge in [-0.05, 0) is 35.0 Å². The molecule has 2 aromatic rings. The Balaban J connectivity index is 2.47. The van der Waals surface area contributed by atoms with Gasteiger partial charge in [0.15, 0.2) is 0 Å². The molecule has 102 valence electrons. The summed E-state index contributed by atoms with van der Waals surface area (Å²) in [4.78, 5) is 7.29. The van der Waals surface area contributed by atoms with E-state index in [9.17, 15) is 0 Å². The van der Waals surface area contributed by atoms with Crippen molar-refractivity contribution in [2.45, 2.75) is 13.0 Å². The third kappa shape index (κ3) is 2.59. The largest absolute Gasteiger partial charge is 0.496 e. The number of H-pyrrole nitrogens is 1. The summed E-state index contributed by atoms with van der Waals surface area (Å²) in [5.74, 6) is 2.17. The van der Waals surface area contributed by atoms with Crippen LogP contribution in [0, 0.1) is 6.92 Å². The predicted molar refractivity (Wildman–Crippen MR) is 76.6 cm³/mol. The van der Waals surface area contributed by atoms with Gasteiger partial charge in [-0.25, -0.2) is 4.98 Å². The number of aromatic amines is 1. The maximum atomic E-state index is 6.23. The summed E-state index contributed by atoms with van der Waals surface area (Å²) in [6, 6.07) is 3.39. The lowest BCUT2D eigenvalue weighted by Gasteiger charge is -2.17. The molecular weight excluding hydrogens is 310 g/mol. The highest BCUT2D eigenvalue weighted by atomic mass is 79.9. The standard InChI is InChI=1S/C13H16BrN3O2/c1-7-9(18-2)5-4-8(12(7)19-3)11(15)13-16-6-10(14)17-13/h4-6,11H,15H2,1-3H3,(H,16,17). The first-order chi connectivity index (χ1) is 9.08. The molecule has 0 saturated heterocycles. The quantitative estimate of drug-likeness (QED) is 0.906. The van der Waals surface area contributed by atoms with Crippen LogP contribution in [0.15, 0.2) is 22.9 Å². The van der Waals surface area contributed by atoms with E-state index in [1.807, 2.05) is 19.1 Å². The van der Waals surface area contributed by atoms with Gasteiger partial charge in [-0.3, -0.25) is 0 Å². The number of nitrogens with zero attached hydrogens (tertiary/aromatic N) is 1. The summed E-state index contributed by atoms with van der Waals surface area (Å²) in [7, 11) is 3.25. The summed E-state index contributed by atoms with van der Waals surface area (Å²) >= 11 is 3.32. The molecule has 6 heteroatoms. The Hall–Kier alpha value is -1.53. The number of halogens is 1. The fraction of sp³-hybridized carbons (Fsp3) is 0.308. The molecule has 0 aliphatic heterocycles. The highest BCUT2D eigenvalue weighted by Gasteiger charge is 2.20. The number of imidazole rings is 1. The second-order valence-electron chi connectivity index (χ2n) is 4.11. The average molecular weight is 326 g/mol. The molecule has 0 fully saturated rings. The number of methoxy groups -OCH3 is 2. The third-order valence-electron chi connectivity index (χ3n) is 3.00. The van der Waals surface area contributed by atoms with E-state index in [1.165, 1.54) is 0 Å². The number of hydrogen-bond acceptors (Lipinski definition) is 4. The number of benzene rings is 1. The van der Waals surface area contributed by atoms with Gasteiger partial charge in [-0.1, -0.05) is 0 Å². The highest BCUT2D eigenvalue weighted by molar-refractivity contribution is 9.10. The normalized spacial score (nSPS) is 12.3. The zero-order chi connectivity index (χ0) is 14.0. The lowest BCUT2D eigenvalue weighted by molar-refractivity contribution is 0.384. The molecule has 3 N–H and O–H groups in total. The van der Waals surface area contributed by atoms with E-state index in [4.69, 9.17) is 15.2 Å². The van der Waals surface area contributed by atoms with Crippen molar-refractivity contribution >= 4 is 15.9 Å². The number of aromatic nitrogens is 2. The molecule has 0 aliphatic carbocycles.